The average Bonchev–Trinajstić information content (AvgIpc) is 2.21. The van der Waals surface area contributed by atoms with Gasteiger partial charge in [-0.1, -0.05) is 33.1 Å². The highest BCUT2D eigenvalue weighted by Gasteiger charge is 2.18. The third-order valence-electron chi connectivity index (χ3n) is 3.06. The molecule has 0 spiro atoms. The number of hydrogen-bond donors (Lipinski definition) is 1. The summed E-state index contributed by atoms with van der Waals surface area (Å²) in [4.78, 5) is 3.56. The normalized spacial score (nSPS) is 20.5. The zero-order valence-electron chi connectivity index (χ0n) is 9.18. The number of hydrogen-bond acceptors (Lipinski definition) is 2. The summed E-state index contributed by atoms with van der Waals surface area (Å²) in [7, 11) is -0.136. The molecule has 78 valence electrons. The molecule has 2 nitrogen and oxygen atoms in total. The fraction of sp³-hybridized carbons (Fsp3) is 1.00. The first-order chi connectivity index (χ1) is 6.38. The minimum atomic E-state index is -0.136. The molecule has 0 atom stereocenters. The summed E-state index contributed by atoms with van der Waals surface area (Å²) in [5.41, 5.74) is 0. The molecule has 0 aromatic heterocycles. The highest BCUT2D eigenvalue weighted by Crippen LogP contribution is 2.21. The maximum Gasteiger partial charge on any atom is 0.170 e. The van der Waals surface area contributed by atoms with Gasteiger partial charge in [0.05, 0.1) is 0 Å². The molecule has 0 radical (unpaired) electrons. The molecule has 1 fully saturated rings. The molecule has 1 aliphatic carbocycles. The first-order valence-electron chi connectivity index (χ1n) is 5.83. The van der Waals surface area contributed by atoms with Crippen LogP contribution in [0.3, 0.4) is 0 Å². The Bertz CT molecular complexity index is 124. The Labute approximate surface area is 85.1 Å². The van der Waals surface area contributed by atoms with E-state index in [1.54, 1.807) is 0 Å². The predicted molar refractivity (Wildman–Crippen MR) is 61.5 cm³/mol. The van der Waals surface area contributed by atoms with E-state index >= 15 is 0 Å². The van der Waals surface area contributed by atoms with Crippen molar-refractivity contribution in [2.75, 3.05) is 13.1 Å². The van der Waals surface area contributed by atoms with E-state index in [-0.39, 0.29) is 9.84 Å². The van der Waals surface area contributed by atoms with Gasteiger partial charge in [0.15, 0.2) is 9.84 Å². The Morgan fingerprint density at radius 3 is 2.46 bits per heavy atom. The van der Waals surface area contributed by atoms with E-state index in [2.05, 4.69) is 23.4 Å². The van der Waals surface area contributed by atoms with Gasteiger partial charge < -0.3 is 9.55 Å². The number of nitrogens with zero attached hydrogens (tertiary/aromatic N) is 1. The summed E-state index contributed by atoms with van der Waals surface area (Å²) in [5, 5.41) is 0. The summed E-state index contributed by atoms with van der Waals surface area (Å²) in [6.07, 6.45) is 7.29. The van der Waals surface area contributed by atoms with Gasteiger partial charge in [-0.3, -0.25) is 0 Å². The molecule has 1 aliphatic rings. The van der Waals surface area contributed by atoms with Crippen molar-refractivity contribution in [1.82, 2.24) is 9.55 Å². The molecule has 0 unspecified atom stereocenters. The van der Waals surface area contributed by atoms with Crippen molar-refractivity contribution in [1.29, 1.82) is 0 Å². The fourth-order valence-corrected chi connectivity index (χ4v) is 3.56. The van der Waals surface area contributed by atoms with Crippen molar-refractivity contribution in [3.8, 4) is 0 Å². The lowest BCUT2D eigenvalue weighted by Gasteiger charge is -2.33. The fourth-order valence-electron chi connectivity index (χ4n) is 2.20. The van der Waals surface area contributed by atoms with Gasteiger partial charge in [0.25, 0.3) is 0 Å². The molecule has 0 heterocycles. The van der Waals surface area contributed by atoms with Crippen LogP contribution in [-0.4, -0.2) is 33.5 Å². The van der Waals surface area contributed by atoms with E-state index in [1.807, 2.05) is 0 Å². The Balaban J connectivity index is 2.26. The van der Waals surface area contributed by atoms with Crippen LogP contribution in [0.5, 0.6) is 0 Å². The zero-order chi connectivity index (χ0) is 9.52. The monoisotopic (exact) mass is 200 g/mol. The van der Waals surface area contributed by atoms with Crippen molar-refractivity contribution in [3.05, 3.63) is 0 Å². The molecule has 0 aromatic rings. The minimum Gasteiger partial charge on any atom is -0.331 e. The molecule has 0 amide bonds. The van der Waals surface area contributed by atoms with E-state index in [1.165, 1.54) is 38.6 Å². The van der Waals surface area contributed by atoms with Gasteiger partial charge in [-0.2, -0.15) is 0 Å². The van der Waals surface area contributed by atoms with E-state index < -0.39 is 0 Å². The summed E-state index contributed by atoms with van der Waals surface area (Å²) in [6.45, 7) is 6.92. The second-order valence-electron chi connectivity index (χ2n) is 3.96. The first kappa shape index (κ1) is 11.2. The quantitative estimate of drug-likeness (QED) is 0.672. The van der Waals surface area contributed by atoms with Crippen LogP contribution in [0.2, 0.25) is 0 Å². The second kappa shape index (κ2) is 6.57. The smallest absolute Gasteiger partial charge is 0.170 e. The lowest BCUT2D eigenvalue weighted by molar-refractivity contribution is 0.263. The van der Waals surface area contributed by atoms with Gasteiger partial charge >= 0.3 is 0 Å². The second-order valence-corrected chi connectivity index (χ2v) is 5.59. The molecular formula is C10H24N2Si. The van der Waals surface area contributed by atoms with E-state index in [0.29, 0.717) is 0 Å². The van der Waals surface area contributed by atoms with Crippen molar-refractivity contribution in [2.24, 2.45) is 0 Å². The highest BCUT2D eigenvalue weighted by atomic mass is 28.2. The van der Waals surface area contributed by atoms with E-state index in [9.17, 15) is 0 Å². The van der Waals surface area contributed by atoms with Crippen LogP contribution in [0.1, 0.15) is 46.0 Å². The molecule has 0 aromatic carbocycles. The third-order valence-corrected chi connectivity index (χ3v) is 5.16. The molecule has 1 rings (SSSR count). The van der Waals surface area contributed by atoms with Gasteiger partial charge in [-0.25, -0.2) is 0 Å². The lowest BCUT2D eigenvalue weighted by Crippen LogP contribution is -2.45. The highest BCUT2D eigenvalue weighted by molar-refractivity contribution is 6.28. The van der Waals surface area contributed by atoms with Gasteiger partial charge in [-0.15, -0.1) is 0 Å². The van der Waals surface area contributed by atoms with Crippen LogP contribution < -0.4 is 4.98 Å². The van der Waals surface area contributed by atoms with Crippen LogP contribution in [-0.2, 0) is 0 Å². The average molecular weight is 200 g/mol. The largest absolute Gasteiger partial charge is 0.331 e. The predicted octanol–water partition coefficient (Wildman–Crippen LogP) is 1.25. The topological polar surface area (TPSA) is 15.3 Å². The van der Waals surface area contributed by atoms with Crippen LogP contribution in [0.15, 0.2) is 0 Å². The Morgan fingerprint density at radius 1 is 1.23 bits per heavy atom. The maximum absolute atomic E-state index is 3.56. The minimum absolute atomic E-state index is 0.136. The summed E-state index contributed by atoms with van der Waals surface area (Å²) >= 11 is 0. The van der Waals surface area contributed by atoms with Gasteiger partial charge in [-0.05, 0) is 25.9 Å². The molecule has 0 bridgehead atoms. The molecule has 1 saturated carbocycles. The molecule has 3 heteroatoms. The van der Waals surface area contributed by atoms with Gasteiger partial charge in [0.1, 0.15) is 0 Å². The molecular weight excluding hydrogens is 176 g/mol. The Hall–Kier alpha value is 0.137. The van der Waals surface area contributed by atoms with Gasteiger partial charge in [0.2, 0.25) is 0 Å². The summed E-state index contributed by atoms with van der Waals surface area (Å²) < 4.78 is 2.72. The van der Waals surface area contributed by atoms with Crippen LogP contribution >= 0.6 is 0 Å². The first-order valence-corrected chi connectivity index (χ1v) is 7.17. The number of nitrogens with one attached hydrogen (secondary N) is 1. The molecule has 0 aliphatic heterocycles. The summed E-state index contributed by atoms with van der Waals surface area (Å²) in [5.74, 6) is 0. The Morgan fingerprint density at radius 2 is 1.92 bits per heavy atom. The third kappa shape index (κ3) is 3.79. The lowest BCUT2D eigenvalue weighted by atomic mass is 9.95. The zero-order valence-corrected chi connectivity index (χ0v) is 10.6. The molecule has 1 N–H and O–H groups in total. The molecule has 13 heavy (non-hydrogen) atoms. The van der Waals surface area contributed by atoms with Crippen molar-refractivity contribution < 1.29 is 0 Å². The maximum atomic E-state index is 3.56. The molecule has 0 saturated heterocycles. The Kier molecular flexibility index (Phi) is 5.67. The van der Waals surface area contributed by atoms with Crippen LogP contribution in [0, 0.1) is 0 Å². The van der Waals surface area contributed by atoms with Crippen molar-refractivity contribution in [2.45, 2.75) is 52.0 Å². The van der Waals surface area contributed by atoms with Crippen LogP contribution in [0.25, 0.3) is 0 Å². The summed E-state index contributed by atoms with van der Waals surface area (Å²) in [6, 6.07) is 0.921. The number of rotatable bonds is 5. The SMILES string of the molecule is CCN[SiH2]N(CC)C1CCCCC1. The van der Waals surface area contributed by atoms with E-state index in [0.717, 1.165) is 12.6 Å². The van der Waals surface area contributed by atoms with Gasteiger partial charge in [0, 0.05) is 6.04 Å². The van der Waals surface area contributed by atoms with E-state index in [4.69, 9.17) is 0 Å². The standard InChI is InChI=1S/C10H24N2Si/c1-3-11-13-12(4-2)10-8-6-5-7-9-10/h10-11H,3-9,13H2,1-2H3. The van der Waals surface area contributed by atoms with Crippen molar-refractivity contribution >= 4 is 9.84 Å². The van der Waals surface area contributed by atoms with Crippen LogP contribution in [0.4, 0.5) is 0 Å². The van der Waals surface area contributed by atoms with Crippen molar-refractivity contribution in [3.63, 3.8) is 0 Å².